The van der Waals surface area contributed by atoms with Crippen LogP contribution in [0.15, 0.2) is 0 Å². The van der Waals surface area contributed by atoms with Gasteiger partial charge in [0.15, 0.2) is 0 Å². The van der Waals surface area contributed by atoms with Gasteiger partial charge < -0.3 is 26.4 Å². The highest BCUT2D eigenvalue weighted by Crippen LogP contribution is 2.75. The normalized spacial score (nSPS) is 36.6. The van der Waals surface area contributed by atoms with Crippen LogP contribution < -0.4 is 16.8 Å². The topological polar surface area (TPSA) is 174 Å². The Morgan fingerprint density at radius 1 is 0.885 bits per heavy atom. The van der Waals surface area contributed by atoms with Gasteiger partial charge in [-0.3, -0.25) is 14.1 Å². The molecule has 0 radical (unpaired) electrons. The molecule has 11 nitrogen and oxygen atoms in total. The molecule has 4 saturated carbocycles. The second kappa shape index (κ2) is 18.1. The Balaban J connectivity index is 1.58. The number of esters is 1. The molecule has 4 fully saturated rings. The minimum absolute atomic E-state index is 0.00307. The number of carbonyl (C=O) groups excluding carboxylic acids is 2. The highest BCUT2D eigenvalue weighted by Gasteiger charge is 2.70. The van der Waals surface area contributed by atoms with Crippen molar-refractivity contribution >= 4 is 22.3 Å². The molecule has 0 aromatic carbocycles. The number of hydrogen-bond acceptors (Lipinski definition) is 9. The van der Waals surface area contributed by atoms with E-state index in [0.717, 1.165) is 96.7 Å². The van der Waals surface area contributed by atoms with E-state index >= 15 is 0 Å². The summed E-state index contributed by atoms with van der Waals surface area (Å²) in [6.07, 6.45) is 10.8. The summed E-state index contributed by atoms with van der Waals surface area (Å²) < 4.78 is 44.4. The first-order valence-electron chi connectivity index (χ1n) is 20.6. The predicted octanol–water partition coefficient (Wildman–Crippen LogP) is 5.96. The molecule has 0 heterocycles. The van der Waals surface area contributed by atoms with Gasteiger partial charge in [0.05, 0.1) is 6.10 Å². The van der Waals surface area contributed by atoms with Crippen molar-refractivity contribution in [2.24, 2.45) is 69.1 Å². The fourth-order valence-corrected chi connectivity index (χ4v) is 13.0. The van der Waals surface area contributed by atoms with Crippen LogP contribution in [0.4, 0.5) is 0 Å². The van der Waals surface area contributed by atoms with E-state index in [1.807, 2.05) is 0 Å². The Morgan fingerprint density at radius 2 is 1.54 bits per heavy atom. The fraction of sp³-hybridized carbons (Fsp3) is 0.950. The quantitative estimate of drug-likeness (QED) is 0.0700. The van der Waals surface area contributed by atoms with Crippen molar-refractivity contribution in [1.82, 2.24) is 10.2 Å². The van der Waals surface area contributed by atoms with Gasteiger partial charge in [-0.15, -0.1) is 0 Å². The number of amides is 1. The van der Waals surface area contributed by atoms with Crippen LogP contribution in [0.5, 0.6) is 0 Å². The maximum atomic E-state index is 14.4. The van der Waals surface area contributed by atoms with E-state index in [1.165, 1.54) is 6.92 Å². The van der Waals surface area contributed by atoms with Gasteiger partial charge in [0, 0.05) is 25.3 Å². The maximum Gasteiger partial charge on any atom is 0.397 e. The third-order valence-electron chi connectivity index (χ3n) is 15.0. The van der Waals surface area contributed by atoms with Crippen LogP contribution in [0, 0.1) is 57.7 Å². The molecule has 4 aliphatic rings. The van der Waals surface area contributed by atoms with Crippen molar-refractivity contribution in [2.45, 2.75) is 144 Å². The van der Waals surface area contributed by atoms with E-state index in [-0.39, 0.29) is 63.8 Å². The molecule has 0 aliphatic heterocycles. The second-order valence-electron chi connectivity index (χ2n) is 18.3. The molecule has 12 heteroatoms. The summed E-state index contributed by atoms with van der Waals surface area (Å²) >= 11 is 0. The van der Waals surface area contributed by atoms with Gasteiger partial charge in [-0.2, -0.15) is 8.42 Å². The second-order valence-corrected chi connectivity index (χ2v) is 19.4. The maximum absolute atomic E-state index is 14.4. The Labute approximate surface area is 315 Å². The van der Waals surface area contributed by atoms with E-state index in [1.54, 1.807) is 0 Å². The number of carbonyl (C=O) groups is 2. The lowest BCUT2D eigenvalue weighted by atomic mass is 9.37. The van der Waals surface area contributed by atoms with Crippen molar-refractivity contribution in [3.63, 3.8) is 0 Å². The number of hydrogen-bond donors (Lipinski definition) is 4. The van der Waals surface area contributed by atoms with Crippen molar-refractivity contribution < 1.29 is 31.5 Å². The molecule has 11 atom stereocenters. The predicted molar refractivity (Wildman–Crippen MR) is 205 cm³/mol. The number of nitrogens with two attached hydrogens (primary N) is 2. The largest absolute Gasteiger partial charge is 0.462 e. The summed E-state index contributed by atoms with van der Waals surface area (Å²) in [5.41, 5.74) is 11.4. The zero-order valence-electron chi connectivity index (χ0n) is 33.5. The first kappa shape index (κ1) is 43.4. The number of ether oxygens (including phenoxy) is 1. The number of nitrogens with one attached hydrogen (secondary N) is 1. The highest BCUT2D eigenvalue weighted by molar-refractivity contribution is 7.80. The van der Waals surface area contributed by atoms with Gasteiger partial charge in [0.2, 0.25) is 5.91 Å². The van der Waals surface area contributed by atoms with Crippen molar-refractivity contribution in [2.75, 3.05) is 39.3 Å². The van der Waals surface area contributed by atoms with E-state index in [4.69, 9.17) is 20.4 Å². The minimum atomic E-state index is -4.52. The molecule has 6 N–H and O–H groups in total. The molecule has 0 aromatic rings. The van der Waals surface area contributed by atoms with Crippen LogP contribution in [0.1, 0.15) is 132 Å². The van der Waals surface area contributed by atoms with Crippen LogP contribution in [0.25, 0.3) is 0 Å². The summed E-state index contributed by atoms with van der Waals surface area (Å²) in [6, 6.07) is 0. The van der Waals surface area contributed by atoms with Gasteiger partial charge in [-0.05, 0) is 149 Å². The molecule has 0 saturated heterocycles. The Hall–Kier alpha value is -1.31. The lowest BCUT2D eigenvalue weighted by Gasteiger charge is -2.68. The average molecular weight is 755 g/mol. The lowest BCUT2D eigenvalue weighted by Crippen LogP contribution is -2.62. The summed E-state index contributed by atoms with van der Waals surface area (Å²) in [4.78, 5) is 29.5. The Morgan fingerprint density at radius 3 is 2.13 bits per heavy atom. The molecular formula is C40H74N4O7S. The molecule has 0 spiro atoms. The van der Waals surface area contributed by atoms with E-state index < -0.39 is 16.5 Å². The first-order valence-corrected chi connectivity index (χ1v) is 22.0. The molecule has 0 aromatic heterocycles. The molecule has 4 aliphatic carbocycles. The third-order valence-corrected chi connectivity index (χ3v) is 15.4. The van der Waals surface area contributed by atoms with Crippen LogP contribution in [0.2, 0.25) is 0 Å². The number of rotatable bonds is 19. The first-order chi connectivity index (χ1) is 24.4. The standard InChI is InChI=1S/C40H74N4O7S/c1-27(2)12-8-13-30(37(46)43-22-11-25-44(23-9-20-41)24-10-21-42)36-32-14-15-35-38(5)18-17-33(51-52(47,48)49)28(3)31(38)16-19-39(35,6)40(32,7)26-34(36)50-29(4)45/h27-28,30-36H,8-26,41-42H2,1-7H3,(H,43,46)(H,47,48,49)/t28-,30-,31?,32?,33+,34-,35?,36-,38-,39-,40-/m0/s1. The van der Waals surface area contributed by atoms with Crippen LogP contribution in [0.3, 0.4) is 0 Å². The molecular weight excluding hydrogens is 681 g/mol. The Kier molecular flexibility index (Phi) is 15.1. The molecule has 4 rings (SSSR count). The van der Waals surface area contributed by atoms with Crippen molar-refractivity contribution in [3.8, 4) is 0 Å². The van der Waals surface area contributed by atoms with Gasteiger partial charge in [-0.1, -0.05) is 54.4 Å². The van der Waals surface area contributed by atoms with Gasteiger partial charge in [-0.25, -0.2) is 4.18 Å². The summed E-state index contributed by atoms with van der Waals surface area (Å²) in [7, 11) is -4.52. The lowest BCUT2D eigenvalue weighted by molar-refractivity contribution is -0.201. The minimum Gasteiger partial charge on any atom is -0.462 e. The Bertz CT molecular complexity index is 1290. The van der Waals surface area contributed by atoms with Gasteiger partial charge >= 0.3 is 16.4 Å². The van der Waals surface area contributed by atoms with Gasteiger partial charge in [0.25, 0.3) is 0 Å². The number of nitrogens with zero attached hydrogens (tertiary/aromatic N) is 1. The highest BCUT2D eigenvalue weighted by atomic mass is 32.3. The van der Waals surface area contributed by atoms with Crippen LogP contribution >= 0.6 is 0 Å². The molecule has 302 valence electrons. The average Bonchev–Trinajstić information content (AvgIpc) is 3.34. The van der Waals surface area contributed by atoms with Gasteiger partial charge in [0.1, 0.15) is 6.10 Å². The molecule has 0 bridgehead atoms. The smallest absolute Gasteiger partial charge is 0.397 e. The molecule has 52 heavy (non-hydrogen) atoms. The summed E-state index contributed by atoms with van der Waals surface area (Å²) in [5, 5.41) is 3.35. The van der Waals surface area contributed by atoms with E-state index in [0.29, 0.717) is 37.9 Å². The fourth-order valence-electron chi connectivity index (χ4n) is 12.4. The number of fused-ring (bicyclic) bond motifs is 5. The van der Waals surface area contributed by atoms with Crippen LogP contribution in [-0.4, -0.2) is 81.2 Å². The van der Waals surface area contributed by atoms with Crippen LogP contribution in [-0.2, 0) is 28.9 Å². The van der Waals surface area contributed by atoms with Crippen molar-refractivity contribution in [1.29, 1.82) is 0 Å². The SMILES string of the molecule is CC(=O)O[C@H]1C[C@@]2(C)C(CCC3[C@@]4(C)CC[C@@H](OS(=O)(=O)O)[C@@H](C)C4CC[C@@]32C)[C@@H]1[C@H](CCCC(C)C)C(=O)NCCCN(CCCN)CCCN. The monoisotopic (exact) mass is 755 g/mol. The summed E-state index contributed by atoms with van der Waals surface area (Å²) in [6.45, 7) is 20.0. The van der Waals surface area contributed by atoms with E-state index in [2.05, 4.69) is 51.8 Å². The van der Waals surface area contributed by atoms with E-state index in [9.17, 15) is 22.6 Å². The third kappa shape index (κ3) is 9.55. The zero-order valence-corrected chi connectivity index (χ0v) is 34.4. The summed E-state index contributed by atoms with van der Waals surface area (Å²) in [5.74, 6) is 1.01. The molecule has 3 unspecified atom stereocenters. The van der Waals surface area contributed by atoms with Crippen molar-refractivity contribution in [3.05, 3.63) is 0 Å². The zero-order chi connectivity index (χ0) is 38.5. The molecule has 1 amide bonds.